The van der Waals surface area contributed by atoms with Crippen molar-refractivity contribution in [1.82, 2.24) is 10.2 Å². The van der Waals surface area contributed by atoms with E-state index >= 15 is 0 Å². The fraction of sp³-hybridized carbons (Fsp3) is 0.294. The van der Waals surface area contributed by atoms with Crippen molar-refractivity contribution < 1.29 is 30.5 Å². The molecule has 0 aliphatic rings. The highest BCUT2D eigenvalue weighted by Crippen LogP contribution is 2.41. The van der Waals surface area contributed by atoms with E-state index in [0.717, 1.165) is 22.5 Å². The summed E-state index contributed by atoms with van der Waals surface area (Å²) in [6.45, 7) is 5.53. The molecule has 6 nitrogen and oxygen atoms in total. The summed E-state index contributed by atoms with van der Waals surface area (Å²) in [5.41, 5.74) is -1.87. The molecule has 0 spiro atoms. The standard InChI is InChI=1S/C17H15F3N2O4S2/c1-8-5-9(2)13(11(6-8)25-4)14-10(3)16-15(22-21-14)12(7-27-16)26-28(23,24)17(18,19)20/h5-7H,1-4H3. The Morgan fingerprint density at radius 1 is 1.07 bits per heavy atom. The monoisotopic (exact) mass is 432 g/mol. The number of benzene rings is 1. The van der Waals surface area contributed by atoms with Crippen LogP contribution in [-0.4, -0.2) is 31.2 Å². The average Bonchev–Trinajstić information content (AvgIpc) is 2.97. The summed E-state index contributed by atoms with van der Waals surface area (Å²) in [4.78, 5) is 0. The SMILES string of the molecule is COc1cc(C)cc(C)c1-c1nnc2c(OS(=O)(=O)C(F)(F)F)csc2c1C. The largest absolute Gasteiger partial charge is 0.534 e. The molecule has 11 heteroatoms. The van der Waals surface area contributed by atoms with E-state index in [2.05, 4.69) is 14.4 Å². The number of ether oxygens (including phenoxy) is 1. The van der Waals surface area contributed by atoms with Crippen LogP contribution in [0, 0.1) is 20.8 Å². The zero-order valence-electron chi connectivity index (χ0n) is 15.2. The molecule has 3 aromatic rings. The maximum Gasteiger partial charge on any atom is 0.534 e. The topological polar surface area (TPSA) is 78.4 Å². The third kappa shape index (κ3) is 3.39. The molecule has 0 radical (unpaired) electrons. The van der Waals surface area contributed by atoms with Gasteiger partial charge in [-0.3, -0.25) is 0 Å². The summed E-state index contributed by atoms with van der Waals surface area (Å²) < 4.78 is 70.5. The van der Waals surface area contributed by atoms with Gasteiger partial charge in [-0.1, -0.05) is 6.07 Å². The van der Waals surface area contributed by atoms with Crippen molar-refractivity contribution in [1.29, 1.82) is 0 Å². The summed E-state index contributed by atoms with van der Waals surface area (Å²) >= 11 is 1.02. The van der Waals surface area contributed by atoms with E-state index in [-0.39, 0.29) is 5.52 Å². The fourth-order valence-corrected chi connectivity index (χ4v) is 4.26. The number of fused-ring (bicyclic) bond motifs is 1. The number of alkyl halides is 3. The zero-order valence-corrected chi connectivity index (χ0v) is 16.8. The minimum atomic E-state index is -5.79. The summed E-state index contributed by atoms with van der Waals surface area (Å²) in [5, 5.41) is 9.22. The molecule has 3 rings (SSSR count). The van der Waals surface area contributed by atoms with Crippen LogP contribution < -0.4 is 8.92 Å². The van der Waals surface area contributed by atoms with Gasteiger partial charge in [0.05, 0.1) is 11.8 Å². The second-order valence-electron chi connectivity index (χ2n) is 6.09. The van der Waals surface area contributed by atoms with E-state index in [4.69, 9.17) is 4.74 Å². The van der Waals surface area contributed by atoms with Gasteiger partial charge < -0.3 is 8.92 Å². The summed E-state index contributed by atoms with van der Waals surface area (Å²) in [7, 11) is -4.26. The van der Waals surface area contributed by atoms with E-state index in [1.807, 2.05) is 26.0 Å². The molecule has 0 unspecified atom stereocenters. The minimum Gasteiger partial charge on any atom is -0.496 e. The molecule has 0 aliphatic carbocycles. The molecule has 2 aromatic heterocycles. The van der Waals surface area contributed by atoms with Crippen molar-refractivity contribution in [2.75, 3.05) is 7.11 Å². The Hall–Kier alpha value is -2.40. The van der Waals surface area contributed by atoms with Gasteiger partial charge in [0.25, 0.3) is 0 Å². The highest BCUT2D eigenvalue weighted by atomic mass is 32.2. The van der Waals surface area contributed by atoms with E-state index in [0.29, 0.717) is 27.3 Å². The quantitative estimate of drug-likeness (QED) is 0.446. The van der Waals surface area contributed by atoms with Crippen LogP contribution in [0.4, 0.5) is 13.2 Å². The lowest BCUT2D eigenvalue weighted by Gasteiger charge is -2.14. The number of nitrogens with zero attached hydrogens (tertiary/aromatic N) is 2. The second kappa shape index (κ2) is 6.89. The van der Waals surface area contributed by atoms with Crippen molar-refractivity contribution in [2.45, 2.75) is 26.3 Å². The molecule has 0 N–H and O–H groups in total. The first-order valence-electron chi connectivity index (χ1n) is 7.87. The molecule has 1 aromatic carbocycles. The number of rotatable bonds is 4. The first-order valence-corrected chi connectivity index (χ1v) is 10.2. The molecular formula is C17H15F3N2O4S2. The number of aryl methyl sites for hydroxylation is 3. The highest BCUT2D eigenvalue weighted by Gasteiger charge is 2.49. The van der Waals surface area contributed by atoms with Crippen LogP contribution in [0.25, 0.3) is 21.5 Å². The van der Waals surface area contributed by atoms with E-state index in [1.54, 1.807) is 6.92 Å². The van der Waals surface area contributed by atoms with E-state index in [9.17, 15) is 21.6 Å². The Morgan fingerprint density at radius 2 is 1.75 bits per heavy atom. The van der Waals surface area contributed by atoms with E-state index in [1.165, 1.54) is 12.5 Å². The van der Waals surface area contributed by atoms with Crippen LogP contribution in [-0.2, 0) is 10.1 Å². The van der Waals surface area contributed by atoms with E-state index < -0.39 is 21.4 Å². The molecule has 0 fully saturated rings. The maximum atomic E-state index is 12.6. The van der Waals surface area contributed by atoms with Crippen LogP contribution in [0.15, 0.2) is 17.5 Å². The predicted molar refractivity (Wildman–Crippen MR) is 99.2 cm³/mol. The molecule has 0 aliphatic heterocycles. The Labute approximate surface area is 163 Å². The molecule has 28 heavy (non-hydrogen) atoms. The van der Waals surface area contributed by atoms with Crippen LogP contribution >= 0.6 is 11.3 Å². The third-order valence-corrected chi connectivity index (χ3v) is 6.09. The number of hydrogen-bond acceptors (Lipinski definition) is 7. The number of methoxy groups -OCH3 is 1. The van der Waals surface area contributed by atoms with Crippen molar-refractivity contribution in [3.05, 3.63) is 34.2 Å². The summed E-state index contributed by atoms with van der Waals surface area (Å²) in [6.07, 6.45) is 0. The van der Waals surface area contributed by atoms with Crippen LogP contribution in [0.5, 0.6) is 11.5 Å². The molecule has 0 saturated heterocycles. The molecule has 150 valence electrons. The number of hydrogen-bond donors (Lipinski definition) is 0. The van der Waals surface area contributed by atoms with Crippen molar-refractivity contribution in [3.8, 4) is 22.8 Å². The lowest BCUT2D eigenvalue weighted by molar-refractivity contribution is -0.0499. The van der Waals surface area contributed by atoms with Crippen molar-refractivity contribution in [2.24, 2.45) is 0 Å². The normalized spacial score (nSPS) is 12.4. The van der Waals surface area contributed by atoms with Gasteiger partial charge in [-0.05, 0) is 43.5 Å². The molecule has 0 atom stereocenters. The lowest BCUT2D eigenvalue weighted by Crippen LogP contribution is -2.28. The lowest BCUT2D eigenvalue weighted by atomic mass is 9.98. The Balaban J connectivity index is 2.16. The number of halogens is 3. The highest BCUT2D eigenvalue weighted by molar-refractivity contribution is 7.88. The fourth-order valence-electron chi connectivity index (χ4n) is 2.83. The van der Waals surface area contributed by atoms with Crippen molar-refractivity contribution in [3.63, 3.8) is 0 Å². The van der Waals surface area contributed by atoms with Crippen LogP contribution in [0.1, 0.15) is 16.7 Å². The predicted octanol–water partition coefficient (Wildman–Crippen LogP) is 4.52. The zero-order chi connectivity index (χ0) is 20.9. The first-order chi connectivity index (χ1) is 13.0. The average molecular weight is 432 g/mol. The van der Waals surface area contributed by atoms with Gasteiger partial charge >= 0.3 is 15.6 Å². The second-order valence-corrected chi connectivity index (χ2v) is 8.51. The molecule has 2 heterocycles. The van der Waals surface area contributed by atoms with Gasteiger partial charge in [-0.25, -0.2) is 0 Å². The third-order valence-electron chi connectivity index (χ3n) is 4.06. The molecule has 0 bridgehead atoms. The van der Waals surface area contributed by atoms with Gasteiger partial charge in [0.2, 0.25) is 0 Å². The maximum absolute atomic E-state index is 12.6. The van der Waals surface area contributed by atoms with Gasteiger partial charge in [0, 0.05) is 10.9 Å². The Bertz CT molecular complexity index is 1170. The smallest absolute Gasteiger partial charge is 0.496 e. The van der Waals surface area contributed by atoms with Crippen LogP contribution in [0.2, 0.25) is 0 Å². The Morgan fingerprint density at radius 3 is 2.36 bits per heavy atom. The molecule has 0 amide bonds. The number of aromatic nitrogens is 2. The van der Waals surface area contributed by atoms with Gasteiger partial charge in [0.1, 0.15) is 17.0 Å². The molecular weight excluding hydrogens is 417 g/mol. The summed E-state index contributed by atoms with van der Waals surface area (Å²) in [6, 6.07) is 3.79. The van der Waals surface area contributed by atoms with Crippen molar-refractivity contribution >= 4 is 31.7 Å². The molecule has 0 saturated carbocycles. The Kier molecular flexibility index (Phi) is 5.00. The van der Waals surface area contributed by atoms with Crippen LogP contribution in [0.3, 0.4) is 0 Å². The van der Waals surface area contributed by atoms with Gasteiger partial charge in [-0.15, -0.1) is 21.5 Å². The van der Waals surface area contributed by atoms with Gasteiger partial charge in [0.15, 0.2) is 5.75 Å². The number of thiophene rings is 1. The van der Waals surface area contributed by atoms with Gasteiger partial charge in [-0.2, -0.15) is 21.6 Å². The first kappa shape index (κ1) is 20.3. The minimum absolute atomic E-state index is 0.0530. The summed E-state index contributed by atoms with van der Waals surface area (Å²) in [5.74, 6) is 0.0778.